The molecule has 0 spiro atoms. The normalized spacial score (nSPS) is 12.3. The van der Waals surface area contributed by atoms with Crippen molar-refractivity contribution >= 4 is 17.4 Å². The molecule has 0 fully saturated rings. The summed E-state index contributed by atoms with van der Waals surface area (Å²) >= 11 is 1.55. The van der Waals surface area contributed by atoms with Crippen molar-refractivity contribution in [1.82, 2.24) is 9.78 Å². The molecule has 1 heterocycles. The average Bonchev–Trinajstić information content (AvgIpc) is 2.81. The molecule has 19 heavy (non-hydrogen) atoms. The molecule has 0 saturated carbocycles. The van der Waals surface area contributed by atoms with Gasteiger partial charge in [-0.15, -0.1) is 11.8 Å². The number of anilines is 1. The molecule has 1 aromatic heterocycles. The molecule has 0 radical (unpaired) electrons. The van der Waals surface area contributed by atoms with E-state index in [1.54, 1.807) is 46.9 Å². The van der Waals surface area contributed by atoms with Crippen molar-refractivity contribution in [2.75, 3.05) is 18.1 Å². The molecular formula is C13H17N3O2S. The predicted molar refractivity (Wildman–Crippen MR) is 76.3 cm³/mol. The standard InChI is InChI=1S/C13H17N3O2S/c1-16-7-13(6-15-16)19-9-11(17)8-18-12-4-2-10(14)3-5-12/h2-7,11,17H,8-9,14H2,1H3. The SMILES string of the molecule is Cn1cc(SCC(O)COc2ccc(N)cc2)cn1. The molecule has 0 aliphatic heterocycles. The Hall–Kier alpha value is -1.66. The molecule has 1 atom stereocenters. The van der Waals surface area contributed by atoms with E-state index >= 15 is 0 Å². The van der Waals surface area contributed by atoms with Crippen molar-refractivity contribution in [3.8, 4) is 5.75 Å². The lowest BCUT2D eigenvalue weighted by Crippen LogP contribution is -2.19. The lowest BCUT2D eigenvalue weighted by atomic mass is 10.3. The third-order valence-electron chi connectivity index (χ3n) is 2.45. The summed E-state index contributed by atoms with van der Waals surface area (Å²) in [6.45, 7) is 0.261. The number of hydrogen-bond donors (Lipinski definition) is 2. The van der Waals surface area contributed by atoms with Crippen molar-refractivity contribution in [2.24, 2.45) is 7.05 Å². The van der Waals surface area contributed by atoms with Gasteiger partial charge in [0.2, 0.25) is 0 Å². The minimum absolute atomic E-state index is 0.261. The number of benzene rings is 1. The number of rotatable bonds is 6. The lowest BCUT2D eigenvalue weighted by Gasteiger charge is -2.11. The third kappa shape index (κ3) is 4.50. The average molecular weight is 279 g/mol. The molecular weight excluding hydrogens is 262 g/mol. The molecule has 102 valence electrons. The largest absolute Gasteiger partial charge is 0.491 e. The molecule has 0 amide bonds. The highest BCUT2D eigenvalue weighted by Gasteiger charge is 2.07. The highest BCUT2D eigenvalue weighted by Crippen LogP contribution is 2.18. The van der Waals surface area contributed by atoms with E-state index in [0.717, 1.165) is 4.90 Å². The first kappa shape index (κ1) is 13.8. The van der Waals surface area contributed by atoms with Gasteiger partial charge in [0, 0.05) is 29.6 Å². The Morgan fingerprint density at radius 1 is 1.42 bits per heavy atom. The Labute approximate surface area is 116 Å². The van der Waals surface area contributed by atoms with Crippen LogP contribution in [0.4, 0.5) is 5.69 Å². The van der Waals surface area contributed by atoms with E-state index < -0.39 is 6.10 Å². The molecule has 6 heteroatoms. The summed E-state index contributed by atoms with van der Waals surface area (Å²) in [5.74, 6) is 1.28. The molecule has 1 aromatic carbocycles. The predicted octanol–water partition coefficient (Wildman–Crippen LogP) is 1.53. The Balaban J connectivity index is 1.72. The van der Waals surface area contributed by atoms with E-state index in [9.17, 15) is 5.11 Å². The van der Waals surface area contributed by atoms with Gasteiger partial charge in [-0.25, -0.2) is 0 Å². The molecule has 2 rings (SSSR count). The van der Waals surface area contributed by atoms with E-state index in [4.69, 9.17) is 10.5 Å². The second kappa shape index (κ2) is 6.49. The van der Waals surface area contributed by atoms with E-state index in [1.807, 2.05) is 13.2 Å². The number of aliphatic hydroxyl groups excluding tert-OH is 1. The number of aromatic nitrogens is 2. The van der Waals surface area contributed by atoms with Crippen LogP contribution in [0.3, 0.4) is 0 Å². The van der Waals surface area contributed by atoms with Crippen LogP contribution in [-0.2, 0) is 7.05 Å². The summed E-state index contributed by atoms with van der Waals surface area (Å²) in [6, 6.07) is 7.12. The van der Waals surface area contributed by atoms with Crippen LogP contribution in [0, 0.1) is 0 Å². The Morgan fingerprint density at radius 2 is 2.16 bits per heavy atom. The number of nitrogen functional groups attached to an aromatic ring is 1. The number of ether oxygens (including phenoxy) is 1. The van der Waals surface area contributed by atoms with Gasteiger partial charge in [0.15, 0.2) is 0 Å². The second-order valence-corrected chi connectivity index (χ2v) is 5.29. The zero-order chi connectivity index (χ0) is 13.7. The third-order valence-corrected chi connectivity index (χ3v) is 3.54. The molecule has 0 saturated heterocycles. The van der Waals surface area contributed by atoms with Crippen LogP contribution >= 0.6 is 11.8 Å². The summed E-state index contributed by atoms with van der Waals surface area (Å²) in [5.41, 5.74) is 6.28. The van der Waals surface area contributed by atoms with Crippen molar-refractivity contribution in [2.45, 2.75) is 11.0 Å². The maximum Gasteiger partial charge on any atom is 0.119 e. The molecule has 5 nitrogen and oxygen atoms in total. The van der Waals surface area contributed by atoms with Gasteiger partial charge in [-0.2, -0.15) is 5.10 Å². The van der Waals surface area contributed by atoms with E-state index in [2.05, 4.69) is 5.10 Å². The number of nitrogens with two attached hydrogens (primary N) is 1. The van der Waals surface area contributed by atoms with Crippen LogP contribution in [0.2, 0.25) is 0 Å². The van der Waals surface area contributed by atoms with Crippen LogP contribution in [0.25, 0.3) is 0 Å². The Morgan fingerprint density at radius 3 is 2.79 bits per heavy atom. The first-order valence-corrected chi connectivity index (χ1v) is 6.90. The fourth-order valence-corrected chi connectivity index (χ4v) is 2.30. The minimum Gasteiger partial charge on any atom is -0.491 e. The second-order valence-electron chi connectivity index (χ2n) is 4.19. The molecule has 1 unspecified atom stereocenters. The molecule has 0 aliphatic rings. The fraction of sp³-hybridized carbons (Fsp3) is 0.308. The molecule has 0 aliphatic carbocycles. The van der Waals surface area contributed by atoms with Gasteiger partial charge in [0.05, 0.1) is 12.3 Å². The van der Waals surface area contributed by atoms with Gasteiger partial charge in [0.25, 0.3) is 0 Å². The molecule has 3 N–H and O–H groups in total. The van der Waals surface area contributed by atoms with Gasteiger partial charge >= 0.3 is 0 Å². The van der Waals surface area contributed by atoms with Gasteiger partial charge in [-0.1, -0.05) is 0 Å². The summed E-state index contributed by atoms with van der Waals surface area (Å²) in [4.78, 5) is 1.04. The maximum atomic E-state index is 9.84. The molecule has 2 aromatic rings. The van der Waals surface area contributed by atoms with Crippen LogP contribution in [0.15, 0.2) is 41.6 Å². The van der Waals surface area contributed by atoms with Gasteiger partial charge in [0.1, 0.15) is 12.4 Å². The number of aliphatic hydroxyl groups is 1. The smallest absolute Gasteiger partial charge is 0.119 e. The lowest BCUT2D eigenvalue weighted by molar-refractivity contribution is 0.126. The Kier molecular flexibility index (Phi) is 4.70. The molecule has 0 bridgehead atoms. The summed E-state index contributed by atoms with van der Waals surface area (Å²) < 4.78 is 7.21. The zero-order valence-corrected chi connectivity index (χ0v) is 11.5. The van der Waals surface area contributed by atoms with E-state index in [-0.39, 0.29) is 6.61 Å². The van der Waals surface area contributed by atoms with Gasteiger partial charge in [-0.05, 0) is 24.3 Å². The van der Waals surface area contributed by atoms with Gasteiger partial charge < -0.3 is 15.6 Å². The van der Waals surface area contributed by atoms with E-state index in [1.165, 1.54) is 0 Å². The quantitative estimate of drug-likeness (QED) is 0.620. The summed E-state index contributed by atoms with van der Waals surface area (Å²) in [5, 5.41) is 13.9. The first-order chi connectivity index (χ1) is 9.13. The van der Waals surface area contributed by atoms with Crippen molar-refractivity contribution < 1.29 is 9.84 Å². The van der Waals surface area contributed by atoms with Gasteiger partial charge in [-0.3, -0.25) is 4.68 Å². The maximum absolute atomic E-state index is 9.84. The first-order valence-electron chi connectivity index (χ1n) is 5.91. The zero-order valence-electron chi connectivity index (χ0n) is 10.7. The monoisotopic (exact) mass is 279 g/mol. The number of nitrogens with zero attached hydrogens (tertiary/aromatic N) is 2. The topological polar surface area (TPSA) is 73.3 Å². The van der Waals surface area contributed by atoms with Crippen LogP contribution in [0.5, 0.6) is 5.75 Å². The number of aryl methyl sites for hydroxylation is 1. The highest BCUT2D eigenvalue weighted by molar-refractivity contribution is 7.99. The number of hydrogen-bond acceptors (Lipinski definition) is 5. The fourth-order valence-electron chi connectivity index (χ4n) is 1.47. The Bertz CT molecular complexity index is 513. The summed E-state index contributed by atoms with van der Waals surface area (Å²) in [7, 11) is 1.87. The van der Waals surface area contributed by atoms with Crippen molar-refractivity contribution in [3.63, 3.8) is 0 Å². The number of thioether (sulfide) groups is 1. The van der Waals surface area contributed by atoms with Crippen LogP contribution < -0.4 is 10.5 Å². The van der Waals surface area contributed by atoms with E-state index in [0.29, 0.717) is 17.2 Å². The summed E-state index contributed by atoms with van der Waals surface area (Å²) in [6.07, 6.45) is 3.17. The van der Waals surface area contributed by atoms with Crippen LogP contribution in [-0.4, -0.2) is 33.4 Å². The van der Waals surface area contributed by atoms with Crippen LogP contribution in [0.1, 0.15) is 0 Å². The highest BCUT2D eigenvalue weighted by atomic mass is 32.2. The van der Waals surface area contributed by atoms with Crippen molar-refractivity contribution in [1.29, 1.82) is 0 Å². The minimum atomic E-state index is -0.525. The van der Waals surface area contributed by atoms with Crippen molar-refractivity contribution in [3.05, 3.63) is 36.7 Å².